The van der Waals surface area contributed by atoms with E-state index in [1.807, 2.05) is 0 Å². The number of hydrogen-bond donors (Lipinski definition) is 0. The van der Waals surface area contributed by atoms with E-state index in [1.54, 1.807) is 4.90 Å². The highest BCUT2D eigenvalue weighted by Gasteiger charge is 2.34. The molecule has 1 fully saturated rings. The Morgan fingerprint density at radius 1 is 1.43 bits per heavy atom. The van der Waals surface area contributed by atoms with E-state index >= 15 is 0 Å². The van der Waals surface area contributed by atoms with Crippen molar-refractivity contribution in [2.45, 2.75) is 52.0 Å². The molecular formula is C16H27NO3S. The Morgan fingerprint density at radius 3 is 2.86 bits per heavy atom. The van der Waals surface area contributed by atoms with Crippen LogP contribution in [0.3, 0.4) is 0 Å². The standard InChI is InChI=1S/C16H27NO3S/c1-4-11-20-16(19)17-10-7-9-14(17)15(18)21-12-6-5-8-13(2)3/h4,13-14H,1,5-12H2,2-3H3. The predicted molar refractivity (Wildman–Crippen MR) is 87.4 cm³/mol. The second-order valence-corrected chi connectivity index (χ2v) is 6.87. The van der Waals surface area contributed by atoms with Crippen LogP contribution >= 0.6 is 11.8 Å². The van der Waals surface area contributed by atoms with Gasteiger partial charge in [0.1, 0.15) is 12.6 Å². The predicted octanol–water partition coefficient (Wildman–Crippen LogP) is 3.86. The van der Waals surface area contributed by atoms with Crippen molar-refractivity contribution in [2.24, 2.45) is 5.92 Å². The van der Waals surface area contributed by atoms with Crippen LogP contribution in [0, 0.1) is 5.92 Å². The molecule has 1 amide bonds. The monoisotopic (exact) mass is 313 g/mol. The maximum Gasteiger partial charge on any atom is 0.410 e. The van der Waals surface area contributed by atoms with Crippen molar-refractivity contribution < 1.29 is 14.3 Å². The third kappa shape index (κ3) is 6.55. The van der Waals surface area contributed by atoms with Crippen molar-refractivity contribution >= 4 is 23.0 Å². The van der Waals surface area contributed by atoms with E-state index in [0.717, 1.165) is 37.4 Å². The van der Waals surface area contributed by atoms with Crippen LogP contribution in [0.5, 0.6) is 0 Å². The highest BCUT2D eigenvalue weighted by molar-refractivity contribution is 8.13. The lowest BCUT2D eigenvalue weighted by atomic mass is 10.1. The number of ether oxygens (including phenoxy) is 1. The Morgan fingerprint density at radius 2 is 2.19 bits per heavy atom. The summed E-state index contributed by atoms with van der Waals surface area (Å²) in [5, 5.41) is 0.104. The summed E-state index contributed by atoms with van der Waals surface area (Å²) in [6, 6.07) is -0.308. The fourth-order valence-electron chi connectivity index (χ4n) is 2.37. The first kappa shape index (κ1) is 18.1. The molecule has 1 atom stereocenters. The summed E-state index contributed by atoms with van der Waals surface area (Å²) >= 11 is 1.36. The molecule has 1 rings (SSSR count). The lowest BCUT2D eigenvalue weighted by Crippen LogP contribution is -2.40. The zero-order valence-corrected chi connectivity index (χ0v) is 14.0. The van der Waals surface area contributed by atoms with E-state index < -0.39 is 6.09 Å². The summed E-state index contributed by atoms with van der Waals surface area (Å²) < 4.78 is 5.03. The van der Waals surface area contributed by atoms with Gasteiger partial charge in [-0.15, -0.1) is 0 Å². The Kier molecular flexibility index (Phi) is 8.50. The summed E-state index contributed by atoms with van der Waals surface area (Å²) in [6.45, 7) is 8.75. The molecule has 0 aliphatic carbocycles. The summed E-state index contributed by atoms with van der Waals surface area (Å²) in [7, 11) is 0. The number of thioether (sulfide) groups is 1. The van der Waals surface area contributed by atoms with Crippen molar-refractivity contribution in [3.63, 3.8) is 0 Å². The highest BCUT2D eigenvalue weighted by atomic mass is 32.2. The third-order valence-corrected chi connectivity index (χ3v) is 4.55. The van der Waals surface area contributed by atoms with Crippen LogP contribution in [0.1, 0.15) is 46.0 Å². The Labute approximate surface area is 132 Å². The van der Waals surface area contributed by atoms with Gasteiger partial charge in [-0.1, -0.05) is 51.1 Å². The molecule has 0 radical (unpaired) electrons. The molecule has 0 spiro atoms. The van der Waals surface area contributed by atoms with Crippen molar-refractivity contribution in [1.29, 1.82) is 0 Å². The van der Waals surface area contributed by atoms with Gasteiger partial charge in [0, 0.05) is 12.3 Å². The Hall–Kier alpha value is -0.970. The van der Waals surface area contributed by atoms with Crippen LogP contribution in [0.2, 0.25) is 0 Å². The lowest BCUT2D eigenvalue weighted by Gasteiger charge is -2.22. The largest absolute Gasteiger partial charge is 0.445 e. The van der Waals surface area contributed by atoms with Gasteiger partial charge in [0.2, 0.25) is 5.12 Å². The SMILES string of the molecule is C=CCOC(=O)N1CCCC1C(=O)SCCCCC(C)C. The number of nitrogens with zero attached hydrogens (tertiary/aromatic N) is 1. The second-order valence-electron chi connectivity index (χ2n) is 5.77. The molecular weight excluding hydrogens is 286 g/mol. The zero-order chi connectivity index (χ0) is 15.7. The summed E-state index contributed by atoms with van der Waals surface area (Å²) in [5.41, 5.74) is 0. The second kappa shape index (κ2) is 9.87. The number of carbonyl (C=O) groups is 2. The average Bonchev–Trinajstić information content (AvgIpc) is 2.93. The van der Waals surface area contributed by atoms with E-state index in [0.29, 0.717) is 6.54 Å². The van der Waals surface area contributed by atoms with Crippen LogP contribution in [0.15, 0.2) is 12.7 Å². The van der Waals surface area contributed by atoms with Crippen LogP contribution in [0.25, 0.3) is 0 Å². The number of hydrogen-bond acceptors (Lipinski definition) is 4. The maximum atomic E-state index is 12.2. The molecule has 21 heavy (non-hydrogen) atoms. The summed E-state index contributed by atoms with van der Waals surface area (Å²) in [5.74, 6) is 1.56. The molecule has 0 aromatic rings. The smallest absolute Gasteiger partial charge is 0.410 e. The van der Waals surface area contributed by atoms with Gasteiger partial charge in [-0.25, -0.2) is 4.79 Å². The molecule has 0 aromatic carbocycles. The zero-order valence-electron chi connectivity index (χ0n) is 13.2. The van der Waals surface area contributed by atoms with E-state index in [4.69, 9.17) is 4.74 Å². The number of rotatable bonds is 8. The van der Waals surface area contributed by atoms with Crippen molar-refractivity contribution in [3.8, 4) is 0 Å². The fraction of sp³-hybridized carbons (Fsp3) is 0.750. The molecule has 0 bridgehead atoms. The van der Waals surface area contributed by atoms with Gasteiger partial charge < -0.3 is 4.74 Å². The van der Waals surface area contributed by atoms with E-state index in [-0.39, 0.29) is 17.8 Å². The van der Waals surface area contributed by atoms with Gasteiger partial charge in [-0.3, -0.25) is 9.69 Å². The first-order chi connectivity index (χ1) is 10.1. The number of carbonyl (C=O) groups excluding carboxylic acids is 2. The molecule has 120 valence electrons. The average molecular weight is 313 g/mol. The van der Waals surface area contributed by atoms with Gasteiger partial charge in [0.25, 0.3) is 0 Å². The first-order valence-electron chi connectivity index (χ1n) is 7.77. The van der Waals surface area contributed by atoms with Crippen molar-refractivity contribution in [2.75, 3.05) is 18.9 Å². The molecule has 0 N–H and O–H groups in total. The number of likely N-dealkylation sites (tertiary alicyclic amines) is 1. The van der Waals surface area contributed by atoms with E-state index in [2.05, 4.69) is 20.4 Å². The highest BCUT2D eigenvalue weighted by Crippen LogP contribution is 2.24. The molecule has 0 aromatic heterocycles. The Bertz CT molecular complexity index is 357. The maximum absolute atomic E-state index is 12.2. The molecule has 1 aliphatic heterocycles. The minimum atomic E-state index is -0.397. The quantitative estimate of drug-likeness (QED) is 0.504. The lowest BCUT2D eigenvalue weighted by molar-refractivity contribution is -0.114. The van der Waals surface area contributed by atoms with Gasteiger partial charge in [-0.05, 0) is 25.2 Å². The van der Waals surface area contributed by atoms with Crippen molar-refractivity contribution in [3.05, 3.63) is 12.7 Å². The molecule has 1 saturated heterocycles. The minimum absolute atomic E-state index is 0.104. The number of unbranched alkanes of at least 4 members (excludes halogenated alkanes) is 1. The van der Waals surface area contributed by atoms with Crippen LogP contribution in [-0.4, -0.2) is 41.1 Å². The van der Waals surface area contributed by atoms with Gasteiger partial charge in [0.15, 0.2) is 0 Å². The first-order valence-corrected chi connectivity index (χ1v) is 8.75. The molecule has 5 heteroatoms. The normalized spacial score (nSPS) is 18.0. The summed E-state index contributed by atoms with van der Waals surface area (Å²) in [4.78, 5) is 25.7. The summed E-state index contributed by atoms with van der Waals surface area (Å²) in [6.07, 6.45) is 6.18. The van der Waals surface area contributed by atoms with E-state index in [1.165, 1.54) is 24.3 Å². The molecule has 1 unspecified atom stereocenters. The molecule has 0 saturated carbocycles. The van der Waals surface area contributed by atoms with E-state index in [9.17, 15) is 9.59 Å². The fourth-order valence-corrected chi connectivity index (χ4v) is 3.35. The Balaban J connectivity index is 2.31. The van der Waals surface area contributed by atoms with Gasteiger partial charge >= 0.3 is 6.09 Å². The van der Waals surface area contributed by atoms with Crippen LogP contribution in [0.4, 0.5) is 4.79 Å². The molecule has 4 nitrogen and oxygen atoms in total. The van der Waals surface area contributed by atoms with Gasteiger partial charge in [0.05, 0.1) is 0 Å². The topological polar surface area (TPSA) is 46.6 Å². The third-order valence-electron chi connectivity index (χ3n) is 3.50. The molecule has 1 aliphatic rings. The van der Waals surface area contributed by atoms with Crippen LogP contribution < -0.4 is 0 Å². The van der Waals surface area contributed by atoms with Crippen molar-refractivity contribution in [1.82, 2.24) is 4.90 Å². The van der Waals surface area contributed by atoms with Crippen LogP contribution in [-0.2, 0) is 9.53 Å². The van der Waals surface area contributed by atoms with Gasteiger partial charge in [-0.2, -0.15) is 0 Å². The number of amides is 1. The minimum Gasteiger partial charge on any atom is -0.445 e. The molecule has 1 heterocycles.